The highest BCUT2D eigenvalue weighted by Crippen LogP contribution is 2.38. The van der Waals surface area contributed by atoms with Gasteiger partial charge in [-0.05, 0) is 38.1 Å². The number of carbonyl (C=O) groups is 1. The molecule has 1 atom stereocenters. The molecule has 4 heteroatoms. The molecule has 2 rings (SSSR count). The number of hydrogen-bond acceptors (Lipinski definition) is 3. The first-order chi connectivity index (χ1) is 7.61. The molecule has 1 unspecified atom stereocenters. The maximum absolute atomic E-state index is 11.8. The van der Waals surface area contributed by atoms with Gasteiger partial charge in [-0.1, -0.05) is 6.07 Å². The van der Waals surface area contributed by atoms with Gasteiger partial charge in [-0.3, -0.25) is 4.79 Å². The van der Waals surface area contributed by atoms with Crippen molar-refractivity contribution in [1.29, 1.82) is 0 Å². The minimum Gasteiger partial charge on any atom is -0.324 e. The van der Waals surface area contributed by atoms with Crippen LogP contribution in [0, 0.1) is 13.8 Å². The third-order valence-corrected chi connectivity index (χ3v) is 4.06. The van der Waals surface area contributed by atoms with Crippen LogP contribution in [0.25, 0.3) is 0 Å². The molecular formula is C12H16N2OS. The van der Waals surface area contributed by atoms with Crippen LogP contribution in [0.2, 0.25) is 0 Å². The van der Waals surface area contributed by atoms with Crippen molar-refractivity contribution in [1.82, 2.24) is 5.32 Å². The molecule has 0 fully saturated rings. The Morgan fingerprint density at radius 1 is 1.44 bits per heavy atom. The molecule has 2 N–H and O–H groups in total. The number of fused-ring (bicyclic) bond motifs is 1. The second-order valence-electron chi connectivity index (χ2n) is 4.11. The number of carbonyl (C=O) groups excluding carboxylic acids is 1. The number of benzene rings is 1. The molecule has 1 heterocycles. The van der Waals surface area contributed by atoms with Crippen molar-refractivity contribution >= 4 is 23.4 Å². The minimum absolute atomic E-state index is 0.0288. The van der Waals surface area contributed by atoms with E-state index in [4.69, 9.17) is 0 Å². The Morgan fingerprint density at radius 3 is 2.88 bits per heavy atom. The second-order valence-corrected chi connectivity index (χ2v) is 5.32. The van der Waals surface area contributed by atoms with Gasteiger partial charge in [-0.25, -0.2) is 0 Å². The quantitative estimate of drug-likeness (QED) is 0.824. The molecule has 1 aliphatic rings. The zero-order valence-corrected chi connectivity index (χ0v) is 10.6. The molecule has 16 heavy (non-hydrogen) atoms. The van der Waals surface area contributed by atoms with Crippen LogP contribution in [0.3, 0.4) is 0 Å². The van der Waals surface area contributed by atoms with Gasteiger partial charge in [0.15, 0.2) is 0 Å². The largest absolute Gasteiger partial charge is 0.324 e. The Bertz CT molecular complexity index is 431. The van der Waals surface area contributed by atoms with Crippen molar-refractivity contribution in [3.05, 3.63) is 23.3 Å². The maximum atomic E-state index is 11.8. The van der Waals surface area contributed by atoms with Crippen molar-refractivity contribution in [2.24, 2.45) is 0 Å². The smallest absolute Gasteiger partial charge is 0.239 e. The molecule has 1 aliphatic heterocycles. The Labute approximate surface area is 100.0 Å². The number of nitrogens with one attached hydrogen (secondary N) is 2. The third kappa shape index (κ3) is 2.08. The first-order valence-corrected chi connectivity index (χ1v) is 6.23. The van der Waals surface area contributed by atoms with Gasteiger partial charge in [-0.2, -0.15) is 0 Å². The summed E-state index contributed by atoms with van der Waals surface area (Å²) < 4.78 is 0. The molecule has 0 aliphatic carbocycles. The Balaban J connectivity index is 2.35. The van der Waals surface area contributed by atoms with Gasteiger partial charge in [0.1, 0.15) is 5.25 Å². The minimum atomic E-state index is -0.0288. The highest BCUT2D eigenvalue weighted by molar-refractivity contribution is 8.01. The number of hydrogen-bond donors (Lipinski definition) is 2. The van der Waals surface area contributed by atoms with Crippen LogP contribution in [-0.4, -0.2) is 24.7 Å². The van der Waals surface area contributed by atoms with Gasteiger partial charge < -0.3 is 10.6 Å². The Morgan fingerprint density at radius 2 is 2.19 bits per heavy atom. The van der Waals surface area contributed by atoms with Crippen LogP contribution < -0.4 is 10.6 Å². The average Bonchev–Trinajstić information content (AvgIpc) is 2.20. The third-order valence-electron chi connectivity index (χ3n) is 2.62. The van der Waals surface area contributed by atoms with Gasteiger partial charge in [0.2, 0.25) is 5.91 Å². The van der Waals surface area contributed by atoms with Gasteiger partial charge in [0, 0.05) is 11.4 Å². The summed E-state index contributed by atoms with van der Waals surface area (Å²) in [4.78, 5) is 13.0. The molecule has 86 valence electrons. The predicted octanol–water partition coefficient (Wildman–Crippen LogP) is 1.94. The van der Waals surface area contributed by atoms with Gasteiger partial charge >= 0.3 is 0 Å². The van der Waals surface area contributed by atoms with E-state index in [1.165, 1.54) is 16.0 Å². The van der Waals surface area contributed by atoms with Crippen LogP contribution in [0.5, 0.6) is 0 Å². The molecule has 0 bridgehead atoms. The van der Waals surface area contributed by atoms with Crippen LogP contribution in [0.4, 0.5) is 5.69 Å². The van der Waals surface area contributed by atoms with E-state index in [9.17, 15) is 4.79 Å². The topological polar surface area (TPSA) is 41.1 Å². The van der Waals surface area contributed by atoms with Crippen LogP contribution in [0.1, 0.15) is 11.1 Å². The summed E-state index contributed by atoms with van der Waals surface area (Å²) in [5.41, 5.74) is 3.38. The summed E-state index contributed by atoms with van der Waals surface area (Å²) >= 11 is 1.65. The van der Waals surface area contributed by atoms with Gasteiger partial charge in [0.25, 0.3) is 0 Å². The molecule has 0 radical (unpaired) electrons. The van der Waals surface area contributed by atoms with Crippen molar-refractivity contribution in [3.8, 4) is 0 Å². The summed E-state index contributed by atoms with van der Waals surface area (Å²) in [7, 11) is 1.87. The maximum Gasteiger partial charge on any atom is 0.239 e. The zero-order chi connectivity index (χ0) is 11.7. The lowest BCUT2D eigenvalue weighted by Crippen LogP contribution is -2.36. The van der Waals surface area contributed by atoms with Crippen LogP contribution in [0.15, 0.2) is 17.0 Å². The Kier molecular flexibility index (Phi) is 3.21. The fraction of sp³-hybridized carbons (Fsp3) is 0.417. The van der Waals surface area contributed by atoms with Crippen molar-refractivity contribution in [2.75, 3.05) is 18.9 Å². The molecule has 0 saturated heterocycles. The highest BCUT2D eigenvalue weighted by atomic mass is 32.2. The summed E-state index contributed by atoms with van der Waals surface area (Å²) in [6.07, 6.45) is 0. The van der Waals surface area contributed by atoms with E-state index in [2.05, 4.69) is 23.6 Å². The molecule has 1 amide bonds. The average molecular weight is 236 g/mol. The first-order valence-electron chi connectivity index (χ1n) is 5.35. The number of anilines is 1. The van der Waals surface area contributed by atoms with Crippen molar-refractivity contribution in [3.63, 3.8) is 0 Å². The highest BCUT2D eigenvalue weighted by Gasteiger charge is 2.27. The van der Waals surface area contributed by atoms with Gasteiger partial charge in [0.05, 0.1) is 5.69 Å². The van der Waals surface area contributed by atoms with E-state index in [1.807, 2.05) is 20.0 Å². The fourth-order valence-corrected chi connectivity index (χ4v) is 3.11. The van der Waals surface area contributed by atoms with E-state index < -0.39 is 0 Å². The fourth-order valence-electron chi connectivity index (χ4n) is 1.93. The molecule has 0 aromatic heterocycles. The summed E-state index contributed by atoms with van der Waals surface area (Å²) in [5, 5.41) is 6.00. The molecule has 3 nitrogen and oxygen atoms in total. The first kappa shape index (κ1) is 11.5. The van der Waals surface area contributed by atoms with E-state index in [0.717, 1.165) is 5.69 Å². The van der Waals surface area contributed by atoms with E-state index in [0.29, 0.717) is 6.54 Å². The molecule has 1 aromatic carbocycles. The van der Waals surface area contributed by atoms with E-state index in [1.54, 1.807) is 11.8 Å². The van der Waals surface area contributed by atoms with Crippen molar-refractivity contribution in [2.45, 2.75) is 24.0 Å². The number of rotatable bonds is 2. The standard InChI is InChI=1S/C12H16N2OS/c1-7-4-8(2)11-9(5-7)14-12(15)10(16-11)6-13-3/h4-5,10,13H,6H2,1-3H3,(H,14,15). The molecule has 1 aromatic rings. The van der Waals surface area contributed by atoms with E-state index in [-0.39, 0.29) is 11.2 Å². The second kappa shape index (κ2) is 4.47. The normalized spacial score (nSPS) is 19.2. The lowest BCUT2D eigenvalue weighted by Gasteiger charge is -2.25. The van der Waals surface area contributed by atoms with Crippen LogP contribution >= 0.6 is 11.8 Å². The molecular weight excluding hydrogens is 220 g/mol. The molecule has 0 spiro atoms. The predicted molar refractivity (Wildman–Crippen MR) is 68.1 cm³/mol. The summed E-state index contributed by atoms with van der Waals surface area (Å²) in [6.45, 7) is 4.83. The van der Waals surface area contributed by atoms with E-state index >= 15 is 0 Å². The summed E-state index contributed by atoms with van der Waals surface area (Å²) in [6, 6.07) is 4.18. The van der Waals surface area contributed by atoms with Crippen LogP contribution in [-0.2, 0) is 4.79 Å². The number of aryl methyl sites for hydroxylation is 2. The number of thioether (sulfide) groups is 1. The van der Waals surface area contributed by atoms with Crippen molar-refractivity contribution < 1.29 is 4.79 Å². The SMILES string of the molecule is CNCC1Sc2c(C)cc(C)cc2NC1=O. The molecule has 0 saturated carbocycles. The lowest BCUT2D eigenvalue weighted by molar-refractivity contribution is -0.115. The Hall–Kier alpha value is -1.00. The van der Waals surface area contributed by atoms with Gasteiger partial charge in [-0.15, -0.1) is 11.8 Å². The zero-order valence-electron chi connectivity index (χ0n) is 9.76. The number of amides is 1. The summed E-state index contributed by atoms with van der Waals surface area (Å²) in [5.74, 6) is 0.0943. The monoisotopic (exact) mass is 236 g/mol. The lowest BCUT2D eigenvalue weighted by atomic mass is 10.1.